The number of hydrogen-bond donors (Lipinski definition) is 1. The number of allylic oxidation sites excluding steroid dienone is 2. The van der Waals surface area contributed by atoms with Crippen molar-refractivity contribution in [3.63, 3.8) is 0 Å². The maximum atomic E-state index is 12.5. The third-order valence-corrected chi connectivity index (χ3v) is 4.71. The molecule has 6 heteroatoms. The van der Waals surface area contributed by atoms with Gasteiger partial charge in [0.15, 0.2) is 5.78 Å². The number of hydrogen-bond acceptors (Lipinski definition) is 5. The van der Waals surface area contributed by atoms with Crippen molar-refractivity contribution in [1.82, 2.24) is 0 Å². The summed E-state index contributed by atoms with van der Waals surface area (Å²) in [5.74, 6) is -0.500. The van der Waals surface area contributed by atoms with Crippen LogP contribution < -0.4 is 5.73 Å². The third kappa shape index (κ3) is 2.98. The first kappa shape index (κ1) is 16.8. The quantitative estimate of drug-likeness (QED) is 0.799. The van der Waals surface area contributed by atoms with Crippen molar-refractivity contribution < 1.29 is 19.1 Å². The molecule has 0 radical (unpaired) electrons. The molecule has 0 saturated heterocycles. The zero-order valence-electron chi connectivity index (χ0n) is 13.3. The van der Waals surface area contributed by atoms with E-state index in [-0.39, 0.29) is 23.8 Å². The normalized spacial score (nSPS) is 20.6. The van der Waals surface area contributed by atoms with Crippen LogP contribution in [-0.4, -0.2) is 18.4 Å². The van der Waals surface area contributed by atoms with Gasteiger partial charge in [0.05, 0.1) is 12.5 Å². The van der Waals surface area contributed by atoms with Crippen molar-refractivity contribution in [2.75, 3.05) is 6.61 Å². The van der Waals surface area contributed by atoms with Crippen LogP contribution in [0.25, 0.3) is 0 Å². The van der Waals surface area contributed by atoms with Gasteiger partial charge in [-0.05, 0) is 31.0 Å². The number of carbonyl (C=O) groups excluding carboxylic acids is 2. The number of rotatable bonds is 3. The van der Waals surface area contributed by atoms with E-state index in [0.717, 1.165) is 16.5 Å². The minimum atomic E-state index is -0.548. The third-order valence-electron chi connectivity index (χ3n) is 4.18. The highest BCUT2D eigenvalue weighted by Gasteiger charge is 2.41. The Morgan fingerprint density at radius 2 is 2.04 bits per heavy atom. The highest BCUT2D eigenvalue weighted by atomic mass is 79.9. The molecule has 0 bridgehead atoms. The average Bonchev–Trinajstić information content (AvgIpc) is 2.55. The number of Topliss-reactive ketones (excluding diaryl/α,β-unsaturated/α-hetero) is 1. The molecule has 1 aliphatic carbocycles. The Morgan fingerprint density at radius 1 is 1.33 bits per heavy atom. The molecule has 0 spiro atoms. The van der Waals surface area contributed by atoms with E-state index in [2.05, 4.69) is 15.9 Å². The molecule has 1 aliphatic heterocycles. The Hall–Kier alpha value is -2.08. The van der Waals surface area contributed by atoms with Gasteiger partial charge in [-0.1, -0.05) is 28.1 Å². The molecule has 2 N–H and O–H groups in total. The lowest BCUT2D eigenvalue weighted by Gasteiger charge is -2.32. The minimum absolute atomic E-state index is 0.00142. The molecule has 0 fully saturated rings. The Kier molecular flexibility index (Phi) is 4.76. The zero-order chi connectivity index (χ0) is 17.3. The van der Waals surface area contributed by atoms with Crippen molar-refractivity contribution in [1.29, 1.82) is 0 Å². The first-order valence-corrected chi connectivity index (χ1v) is 8.68. The molecule has 1 unspecified atom stereocenters. The van der Waals surface area contributed by atoms with E-state index >= 15 is 0 Å². The number of nitrogens with two attached hydrogens (primary N) is 1. The van der Waals surface area contributed by atoms with Crippen LogP contribution in [0.3, 0.4) is 0 Å². The first-order valence-electron chi connectivity index (χ1n) is 7.89. The lowest BCUT2D eigenvalue weighted by Crippen LogP contribution is -2.31. The second kappa shape index (κ2) is 6.81. The molecule has 126 valence electrons. The molecule has 0 saturated carbocycles. The zero-order valence-corrected chi connectivity index (χ0v) is 14.9. The van der Waals surface area contributed by atoms with Crippen molar-refractivity contribution >= 4 is 27.7 Å². The van der Waals surface area contributed by atoms with Crippen molar-refractivity contribution in [2.45, 2.75) is 32.1 Å². The first-order chi connectivity index (χ1) is 11.5. The van der Waals surface area contributed by atoms with Crippen LogP contribution in [0.4, 0.5) is 0 Å². The standard InChI is InChI=1S/C18H18BrNO4/c1-2-23-18(22)16-14(10-6-8-11(19)9-7-10)15-12(21)4-3-5-13(15)24-17(16)20/h6-9,14H,2-5,20H2,1H3. The van der Waals surface area contributed by atoms with Crippen LogP contribution in [0.15, 0.2) is 51.5 Å². The summed E-state index contributed by atoms with van der Waals surface area (Å²) in [6, 6.07) is 7.49. The fourth-order valence-electron chi connectivity index (χ4n) is 3.15. The summed E-state index contributed by atoms with van der Waals surface area (Å²) >= 11 is 3.40. The van der Waals surface area contributed by atoms with E-state index in [0.29, 0.717) is 24.2 Å². The van der Waals surface area contributed by atoms with Gasteiger partial charge in [0.25, 0.3) is 0 Å². The Morgan fingerprint density at radius 3 is 2.71 bits per heavy atom. The number of ketones is 1. The van der Waals surface area contributed by atoms with E-state index in [4.69, 9.17) is 15.2 Å². The molecule has 3 rings (SSSR count). The summed E-state index contributed by atoms with van der Waals surface area (Å²) in [4.78, 5) is 25.0. The van der Waals surface area contributed by atoms with Gasteiger partial charge < -0.3 is 15.2 Å². The average molecular weight is 392 g/mol. The van der Waals surface area contributed by atoms with Crippen molar-refractivity contribution in [2.24, 2.45) is 5.73 Å². The van der Waals surface area contributed by atoms with Crippen LogP contribution in [0.5, 0.6) is 0 Å². The summed E-state index contributed by atoms with van der Waals surface area (Å²) < 4.78 is 11.7. The SMILES string of the molecule is CCOC(=O)C1=C(N)OC2=C(C(=O)CCC2)C1c1ccc(Br)cc1. The summed E-state index contributed by atoms with van der Waals surface area (Å²) in [5.41, 5.74) is 7.57. The van der Waals surface area contributed by atoms with Crippen molar-refractivity contribution in [3.8, 4) is 0 Å². The van der Waals surface area contributed by atoms with Crippen LogP contribution >= 0.6 is 15.9 Å². The molecular formula is C18H18BrNO4. The Bertz CT molecular complexity index is 749. The van der Waals surface area contributed by atoms with Gasteiger partial charge in [0, 0.05) is 22.9 Å². The Labute approximate surface area is 148 Å². The number of benzene rings is 1. The monoisotopic (exact) mass is 391 g/mol. The molecule has 1 heterocycles. The van der Waals surface area contributed by atoms with E-state index in [1.165, 1.54) is 0 Å². The largest absolute Gasteiger partial charge is 0.462 e. The number of ether oxygens (including phenoxy) is 2. The maximum Gasteiger partial charge on any atom is 0.340 e. The number of halogens is 1. The van der Waals surface area contributed by atoms with Gasteiger partial charge in [-0.25, -0.2) is 4.79 Å². The van der Waals surface area contributed by atoms with Gasteiger partial charge in [-0.3, -0.25) is 4.79 Å². The fraction of sp³-hybridized carbons (Fsp3) is 0.333. The van der Waals surface area contributed by atoms with Gasteiger partial charge in [-0.15, -0.1) is 0 Å². The molecule has 0 aromatic heterocycles. The van der Waals surface area contributed by atoms with Crippen LogP contribution in [0.2, 0.25) is 0 Å². The molecular weight excluding hydrogens is 374 g/mol. The molecule has 5 nitrogen and oxygen atoms in total. The topological polar surface area (TPSA) is 78.6 Å². The Balaban J connectivity index is 2.15. The summed E-state index contributed by atoms with van der Waals surface area (Å²) in [6.45, 7) is 1.95. The molecule has 1 atom stereocenters. The predicted molar refractivity (Wildman–Crippen MR) is 91.7 cm³/mol. The van der Waals surface area contributed by atoms with E-state index in [1.54, 1.807) is 6.92 Å². The summed E-state index contributed by atoms with van der Waals surface area (Å²) in [7, 11) is 0. The van der Waals surface area contributed by atoms with Crippen LogP contribution in [-0.2, 0) is 19.1 Å². The minimum Gasteiger partial charge on any atom is -0.462 e. The molecule has 24 heavy (non-hydrogen) atoms. The lowest BCUT2D eigenvalue weighted by molar-refractivity contribution is -0.139. The fourth-order valence-corrected chi connectivity index (χ4v) is 3.42. The van der Waals surface area contributed by atoms with Gasteiger partial charge in [-0.2, -0.15) is 0 Å². The van der Waals surface area contributed by atoms with Gasteiger partial charge >= 0.3 is 5.97 Å². The predicted octanol–water partition coefficient (Wildman–Crippen LogP) is 3.30. The van der Waals surface area contributed by atoms with E-state index in [1.807, 2.05) is 24.3 Å². The van der Waals surface area contributed by atoms with Crippen LogP contribution in [0.1, 0.15) is 37.7 Å². The second-order valence-corrected chi connectivity index (χ2v) is 6.61. The number of carbonyl (C=O) groups is 2. The van der Waals surface area contributed by atoms with E-state index < -0.39 is 11.9 Å². The van der Waals surface area contributed by atoms with Crippen molar-refractivity contribution in [3.05, 3.63) is 57.1 Å². The highest BCUT2D eigenvalue weighted by Crippen LogP contribution is 2.44. The lowest BCUT2D eigenvalue weighted by atomic mass is 9.77. The molecule has 0 amide bonds. The smallest absolute Gasteiger partial charge is 0.340 e. The molecule has 1 aromatic rings. The summed E-state index contributed by atoms with van der Waals surface area (Å²) in [5, 5.41) is 0. The number of esters is 1. The van der Waals surface area contributed by atoms with E-state index in [9.17, 15) is 9.59 Å². The molecule has 1 aromatic carbocycles. The summed E-state index contributed by atoms with van der Waals surface area (Å²) in [6.07, 6.45) is 1.82. The second-order valence-electron chi connectivity index (χ2n) is 5.70. The van der Waals surface area contributed by atoms with Gasteiger partial charge in [0.1, 0.15) is 11.3 Å². The maximum absolute atomic E-state index is 12.5. The van der Waals surface area contributed by atoms with Gasteiger partial charge in [0.2, 0.25) is 5.88 Å². The van der Waals surface area contributed by atoms with Crippen LogP contribution in [0, 0.1) is 0 Å². The molecule has 2 aliphatic rings. The highest BCUT2D eigenvalue weighted by molar-refractivity contribution is 9.10.